The van der Waals surface area contributed by atoms with Crippen molar-refractivity contribution in [3.63, 3.8) is 0 Å². The average molecular weight is 358 g/mol. The van der Waals surface area contributed by atoms with Crippen molar-refractivity contribution in [1.29, 1.82) is 0 Å². The predicted octanol–water partition coefficient (Wildman–Crippen LogP) is 3.25. The maximum atomic E-state index is 3.61. The summed E-state index contributed by atoms with van der Waals surface area (Å²) in [5.74, 6) is 0. The normalized spacial score (nSPS) is 29.4. The lowest BCUT2D eigenvalue weighted by atomic mass is 9.92. The first-order valence-corrected chi connectivity index (χ1v) is 7.84. The number of nitrogens with one attached hydrogen (secondary N) is 1. The molecule has 0 amide bonds. The van der Waals surface area contributed by atoms with Gasteiger partial charge in [-0.15, -0.1) is 0 Å². The third-order valence-corrected chi connectivity index (χ3v) is 4.86. The highest BCUT2D eigenvalue weighted by Gasteiger charge is 2.34. The highest BCUT2D eigenvalue weighted by atomic mass is 127. The molecule has 2 atom stereocenters. The molecule has 1 heterocycles. The van der Waals surface area contributed by atoms with Crippen LogP contribution in [-0.4, -0.2) is 29.6 Å². The Labute approximate surface area is 124 Å². The molecule has 0 bridgehead atoms. The first-order chi connectivity index (χ1) is 8.53. The van der Waals surface area contributed by atoms with Gasteiger partial charge in [-0.25, -0.2) is 0 Å². The van der Waals surface area contributed by atoms with Crippen molar-refractivity contribution >= 4 is 22.6 Å². The highest BCUT2D eigenvalue weighted by Crippen LogP contribution is 2.25. The molecule has 0 aromatic heterocycles. The summed E-state index contributed by atoms with van der Waals surface area (Å²) in [6.45, 7) is 10.2. The minimum Gasteiger partial charge on any atom is -0.311 e. The first kappa shape index (κ1) is 14.3. The lowest BCUT2D eigenvalue weighted by Crippen LogP contribution is -2.61. The Morgan fingerprint density at radius 2 is 2.06 bits per heavy atom. The number of hydrogen-bond acceptors (Lipinski definition) is 2. The van der Waals surface area contributed by atoms with Crippen LogP contribution in [0, 0.1) is 3.57 Å². The molecular weight excluding hydrogens is 335 g/mol. The summed E-state index contributed by atoms with van der Waals surface area (Å²) in [7, 11) is 0. The smallest absolute Gasteiger partial charge is 0.0307 e. The van der Waals surface area contributed by atoms with Gasteiger partial charge < -0.3 is 5.32 Å². The van der Waals surface area contributed by atoms with Crippen LogP contribution >= 0.6 is 22.6 Å². The van der Waals surface area contributed by atoms with Gasteiger partial charge in [0.1, 0.15) is 0 Å². The van der Waals surface area contributed by atoms with Crippen LogP contribution in [0.1, 0.15) is 32.8 Å². The van der Waals surface area contributed by atoms with Crippen molar-refractivity contribution in [2.75, 3.05) is 13.1 Å². The Morgan fingerprint density at radius 3 is 2.67 bits per heavy atom. The summed E-state index contributed by atoms with van der Waals surface area (Å²) >= 11 is 2.36. The summed E-state index contributed by atoms with van der Waals surface area (Å²) in [5, 5.41) is 3.61. The van der Waals surface area contributed by atoms with Crippen LogP contribution in [0.4, 0.5) is 0 Å². The van der Waals surface area contributed by atoms with Gasteiger partial charge in [-0.05, 0) is 60.6 Å². The molecule has 1 fully saturated rings. The molecule has 1 aromatic carbocycles. The van der Waals surface area contributed by atoms with Gasteiger partial charge >= 0.3 is 0 Å². The largest absolute Gasteiger partial charge is 0.311 e. The second-order valence-electron chi connectivity index (χ2n) is 5.64. The Morgan fingerprint density at radius 1 is 1.39 bits per heavy atom. The number of benzene rings is 1. The van der Waals surface area contributed by atoms with E-state index in [2.05, 4.69) is 77.8 Å². The van der Waals surface area contributed by atoms with Gasteiger partial charge in [0.2, 0.25) is 0 Å². The van der Waals surface area contributed by atoms with E-state index in [-0.39, 0.29) is 5.54 Å². The van der Waals surface area contributed by atoms with Crippen molar-refractivity contribution in [2.45, 2.75) is 45.3 Å². The molecule has 0 radical (unpaired) electrons. The van der Waals surface area contributed by atoms with Gasteiger partial charge in [0.05, 0.1) is 0 Å². The highest BCUT2D eigenvalue weighted by molar-refractivity contribution is 14.1. The van der Waals surface area contributed by atoms with Crippen LogP contribution in [0.5, 0.6) is 0 Å². The van der Waals surface area contributed by atoms with E-state index >= 15 is 0 Å². The zero-order valence-corrected chi connectivity index (χ0v) is 13.7. The fourth-order valence-corrected chi connectivity index (χ4v) is 2.90. The molecule has 3 heteroatoms. The molecule has 2 rings (SSSR count). The van der Waals surface area contributed by atoms with Crippen LogP contribution in [0.2, 0.25) is 0 Å². The monoisotopic (exact) mass is 358 g/mol. The third-order valence-electron chi connectivity index (χ3n) is 4.14. The number of hydrogen-bond donors (Lipinski definition) is 1. The van der Waals surface area contributed by atoms with E-state index in [0.29, 0.717) is 6.04 Å². The molecule has 1 saturated heterocycles. The van der Waals surface area contributed by atoms with Crippen molar-refractivity contribution in [3.05, 3.63) is 33.4 Å². The van der Waals surface area contributed by atoms with E-state index in [1.165, 1.54) is 15.6 Å². The van der Waals surface area contributed by atoms with E-state index < -0.39 is 0 Å². The van der Waals surface area contributed by atoms with Crippen molar-refractivity contribution in [3.8, 4) is 0 Å². The third kappa shape index (κ3) is 3.25. The van der Waals surface area contributed by atoms with Crippen LogP contribution in [0.3, 0.4) is 0 Å². The summed E-state index contributed by atoms with van der Waals surface area (Å²) in [6, 6.07) is 9.50. The molecule has 2 nitrogen and oxygen atoms in total. The predicted molar refractivity (Wildman–Crippen MR) is 85.7 cm³/mol. The quantitative estimate of drug-likeness (QED) is 0.835. The molecular formula is C15H23IN2. The van der Waals surface area contributed by atoms with E-state index in [1.807, 2.05) is 0 Å². The lowest BCUT2D eigenvalue weighted by Gasteiger charge is -2.47. The summed E-state index contributed by atoms with van der Waals surface area (Å²) in [5.41, 5.74) is 1.71. The summed E-state index contributed by atoms with van der Waals surface area (Å²) in [4.78, 5) is 2.64. The topological polar surface area (TPSA) is 15.3 Å². The molecule has 1 aliphatic rings. The molecule has 1 aliphatic heterocycles. The second-order valence-corrected chi connectivity index (χ2v) is 6.89. The number of piperazine rings is 1. The van der Waals surface area contributed by atoms with Crippen LogP contribution < -0.4 is 5.32 Å². The number of halogens is 1. The van der Waals surface area contributed by atoms with Crippen molar-refractivity contribution < 1.29 is 0 Å². The average Bonchev–Trinajstić information content (AvgIpc) is 2.37. The fourth-order valence-electron chi connectivity index (χ4n) is 2.54. The number of nitrogens with zero attached hydrogens (tertiary/aromatic N) is 1. The Bertz CT molecular complexity index is 390. The lowest BCUT2D eigenvalue weighted by molar-refractivity contribution is 0.0453. The molecule has 18 heavy (non-hydrogen) atoms. The van der Waals surface area contributed by atoms with Gasteiger partial charge in [0.25, 0.3) is 0 Å². The van der Waals surface area contributed by atoms with E-state index in [4.69, 9.17) is 0 Å². The fraction of sp³-hybridized carbons (Fsp3) is 0.600. The van der Waals surface area contributed by atoms with Crippen LogP contribution in [0.15, 0.2) is 24.3 Å². The van der Waals surface area contributed by atoms with Crippen LogP contribution in [-0.2, 0) is 6.54 Å². The van der Waals surface area contributed by atoms with E-state index in [1.54, 1.807) is 0 Å². The molecule has 100 valence electrons. The molecule has 0 spiro atoms. The SMILES string of the molecule is CCC1(C)CNC(C)CN1Cc1ccc(I)cc1. The maximum absolute atomic E-state index is 3.61. The molecule has 0 saturated carbocycles. The van der Waals surface area contributed by atoms with Gasteiger partial charge in [-0.2, -0.15) is 0 Å². The molecule has 0 aliphatic carbocycles. The minimum absolute atomic E-state index is 0.287. The van der Waals surface area contributed by atoms with E-state index in [9.17, 15) is 0 Å². The van der Waals surface area contributed by atoms with Crippen LogP contribution in [0.25, 0.3) is 0 Å². The number of rotatable bonds is 3. The zero-order valence-electron chi connectivity index (χ0n) is 11.5. The Balaban J connectivity index is 2.11. The molecule has 2 unspecified atom stereocenters. The van der Waals surface area contributed by atoms with Gasteiger partial charge in [0.15, 0.2) is 0 Å². The van der Waals surface area contributed by atoms with Crippen molar-refractivity contribution in [2.24, 2.45) is 0 Å². The first-order valence-electron chi connectivity index (χ1n) is 6.76. The van der Waals surface area contributed by atoms with Crippen molar-refractivity contribution in [1.82, 2.24) is 10.2 Å². The molecule has 1 N–H and O–H groups in total. The van der Waals surface area contributed by atoms with Gasteiger partial charge in [0, 0.05) is 34.8 Å². The Kier molecular flexibility index (Phi) is 4.67. The van der Waals surface area contributed by atoms with Gasteiger partial charge in [-0.3, -0.25) is 4.90 Å². The Hall–Kier alpha value is -0.130. The molecule has 1 aromatic rings. The second kappa shape index (κ2) is 5.88. The summed E-state index contributed by atoms with van der Waals surface area (Å²) < 4.78 is 1.31. The minimum atomic E-state index is 0.287. The van der Waals surface area contributed by atoms with Gasteiger partial charge in [-0.1, -0.05) is 19.1 Å². The zero-order chi connectivity index (χ0) is 13.2. The van der Waals surface area contributed by atoms with E-state index in [0.717, 1.165) is 19.6 Å². The maximum Gasteiger partial charge on any atom is 0.0307 e. The standard InChI is InChI=1S/C15H23IN2/c1-4-15(3)11-17-12(2)9-18(15)10-13-5-7-14(16)8-6-13/h5-8,12,17H,4,9-11H2,1-3H3. The summed E-state index contributed by atoms with van der Waals surface area (Å²) in [6.07, 6.45) is 1.19.